The molecule has 6 nitrogen and oxygen atoms in total. The summed E-state index contributed by atoms with van der Waals surface area (Å²) in [4.78, 5) is 4.25. The van der Waals surface area contributed by atoms with Gasteiger partial charge in [0.05, 0.1) is 0 Å². The first-order valence-electron chi connectivity index (χ1n) is 7.47. The van der Waals surface area contributed by atoms with Crippen molar-refractivity contribution in [2.75, 3.05) is 26.2 Å². The maximum absolute atomic E-state index is 12.4. The average molecular weight is 345 g/mol. The van der Waals surface area contributed by atoms with E-state index in [1.165, 1.54) is 11.3 Å². The fourth-order valence-electron chi connectivity index (χ4n) is 2.31. The molecule has 0 spiro atoms. The highest BCUT2D eigenvalue weighted by molar-refractivity contribution is 7.91. The van der Waals surface area contributed by atoms with Crippen molar-refractivity contribution in [2.45, 2.75) is 24.5 Å². The summed E-state index contributed by atoms with van der Waals surface area (Å²) in [5.74, 6) is 1.18. The number of nitrogens with zero attached hydrogens (tertiary/aromatic N) is 2. The summed E-state index contributed by atoms with van der Waals surface area (Å²) in [6.07, 6.45) is 0.842. The molecule has 0 amide bonds. The van der Waals surface area contributed by atoms with Gasteiger partial charge in [-0.3, -0.25) is 4.99 Å². The summed E-state index contributed by atoms with van der Waals surface area (Å²) in [6, 6.07) is 3.42. The van der Waals surface area contributed by atoms with Crippen LogP contribution in [0.2, 0.25) is 0 Å². The lowest BCUT2D eigenvalue weighted by Gasteiger charge is -2.16. The first-order chi connectivity index (χ1) is 10.4. The van der Waals surface area contributed by atoms with Gasteiger partial charge in [0.15, 0.2) is 5.96 Å². The molecule has 0 radical (unpaired) electrons. The van der Waals surface area contributed by atoms with Crippen LogP contribution in [0.4, 0.5) is 0 Å². The number of nitrogens with one attached hydrogen (secondary N) is 1. The van der Waals surface area contributed by atoms with Crippen molar-refractivity contribution in [1.82, 2.24) is 9.62 Å². The number of aliphatic imine (C=N–C) groups is 1. The number of hydrogen-bond donors (Lipinski definition) is 2. The molecule has 124 valence electrons. The largest absolute Gasteiger partial charge is 0.370 e. The van der Waals surface area contributed by atoms with Crippen molar-refractivity contribution in [1.29, 1.82) is 0 Å². The second-order valence-electron chi connectivity index (χ2n) is 5.95. The van der Waals surface area contributed by atoms with Crippen molar-refractivity contribution in [3.63, 3.8) is 0 Å². The molecule has 1 aliphatic rings. The van der Waals surface area contributed by atoms with E-state index in [0.29, 0.717) is 42.3 Å². The SMILES string of the molecule is CC(C)CN=C(N)NCC1CCN(S(=O)(=O)c2cccs2)C1. The van der Waals surface area contributed by atoms with Crippen molar-refractivity contribution in [3.05, 3.63) is 17.5 Å². The molecule has 1 atom stereocenters. The Morgan fingerprint density at radius 3 is 3.00 bits per heavy atom. The van der Waals surface area contributed by atoms with Crippen LogP contribution >= 0.6 is 11.3 Å². The smallest absolute Gasteiger partial charge is 0.252 e. The summed E-state index contributed by atoms with van der Waals surface area (Å²) < 4.78 is 26.8. The number of sulfonamides is 1. The van der Waals surface area contributed by atoms with Crippen LogP contribution in [0.3, 0.4) is 0 Å². The summed E-state index contributed by atoms with van der Waals surface area (Å²) in [5, 5.41) is 4.88. The van der Waals surface area contributed by atoms with Gasteiger partial charge in [-0.1, -0.05) is 19.9 Å². The van der Waals surface area contributed by atoms with E-state index in [2.05, 4.69) is 24.2 Å². The lowest BCUT2D eigenvalue weighted by atomic mass is 10.1. The second kappa shape index (κ2) is 7.43. The van der Waals surface area contributed by atoms with Crippen LogP contribution in [0.25, 0.3) is 0 Å². The zero-order chi connectivity index (χ0) is 16.2. The third kappa shape index (κ3) is 4.44. The van der Waals surface area contributed by atoms with Gasteiger partial charge in [0.25, 0.3) is 10.0 Å². The van der Waals surface area contributed by atoms with Gasteiger partial charge >= 0.3 is 0 Å². The van der Waals surface area contributed by atoms with E-state index in [4.69, 9.17) is 5.73 Å². The minimum Gasteiger partial charge on any atom is -0.370 e. The molecule has 2 rings (SSSR count). The van der Waals surface area contributed by atoms with Crippen LogP contribution in [0.1, 0.15) is 20.3 Å². The minimum absolute atomic E-state index is 0.266. The van der Waals surface area contributed by atoms with E-state index in [9.17, 15) is 8.42 Å². The maximum atomic E-state index is 12.4. The van der Waals surface area contributed by atoms with Gasteiger partial charge in [0, 0.05) is 26.2 Å². The minimum atomic E-state index is -3.33. The molecular formula is C14H24N4O2S2. The van der Waals surface area contributed by atoms with Crippen LogP contribution in [-0.2, 0) is 10.0 Å². The zero-order valence-electron chi connectivity index (χ0n) is 13.0. The quantitative estimate of drug-likeness (QED) is 0.602. The molecule has 0 aliphatic carbocycles. The van der Waals surface area contributed by atoms with E-state index in [-0.39, 0.29) is 5.92 Å². The lowest BCUT2D eigenvalue weighted by Crippen LogP contribution is -2.37. The standard InChI is InChI=1S/C14H24N4O2S2/c1-11(2)8-16-14(15)17-9-12-5-6-18(10-12)22(19,20)13-4-3-7-21-13/h3-4,7,11-12H,5-6,8-10H2,1-2H3,(H3,15,16,17). The van der Waals surface area contributed by atoms with Crippen LogP contribution in [0.5, 0.6) is 0 Å². The zero-order valence-corrected chi connectivity index (χ0v) is 14.7. The number of nitrogens with two attached hydrogens (primary N) is 1. The molecule has 0 aromatic carbocycles. The number of guanidine groups is 1. The first kappa shape index (κ1) is 17.2. The predicted molar refractivity (Wildman–Crippen MR) is 90.5 cm³/mol. The van der Waals surface area contributed by atoms with Gasteiger partial charge < -0.3 is 11.1 Å². The van der Waals surface area contributed by atoms with E-state index >= 15 is 0 Å². The second-order valence-corrected chi connectivity index (χ2v) is 9.06. The van der Waals surface area contributed by atoms with Crippen LogP contribution in [-0.4, -0.2) is 44.9 Å². The first-order valence-corrected chi connectivity index (χ1v) is 9.79. The van der Waals surface area contributed by atoms with Crippen LogP contribution in [0, 0.1) is 11.8 Å². The fourth-order valence-corrected chi connectivity index (χ4v) is 4.98. The molecule has 1 aromatic heterocycles. The third-order valence-corrected chi connectivity index (χ3v) is 6.77. The molecule has 1 fully saturated rings. The molecule has 1 aliphatic heterocycles. The van der Waals surface area contributed by atoms with E-state index in [1.54, 1.807) is 21.8 Å². The third-order valence-electron chi connectivity index (χ3n) is 3.54. The summed E-state index contributed by atoms with van der Waals surface area (Å²) in [6.45, 7) is 6.62. The molecule has 22 heavy (non-hydrogen) atoms. The Kier molecular flexibility index (Phi) is 5.82. The molecule has 8 heteroatoms. The van der Waals surface area contributed by atoms with Crippen LogP contribution < -0.4 is 11.1 Å². The molecule has 1 aromatic rings. The van der Waals surface area contributed by atoms with Crippen molar-refractivity contribution in [3.8, 4) is 0 Å². The van der Waals surface area contributed by atoms with Crippen molar-refractivity contribution >= 4 is 27.3 Å². The highest BCUT2D eigenvalue weighted by Gasteiger charge is 2.32. The Labute approximate surface area is 136 Å². The van der Waals surface area contributed by atoms with E-state index in [1.807, 2.05) is 0 Å². The highest BCUT2D eigenvalue weighted by atomic mass is 32.2. The fraction of sp³-hybridized carbons (Fsp3) is 0.643. The van der Waals surface area contributed by atoms with Gasteiger partial charge in [0.2, 0.25) is 0 Å². The van der Waals surface area contributed by atoms with Gasteiger partial charge in [0.1, 0.15) is 4.21 Å². The summed E-state index contributed by atoms with van der Waals surface area (Å²) >= 11 is 1.26. The molecule has 0 saturated carbocycles. The predicted octanol–water partition coefficient (Wildman–Crippen LogP) is 1.32. The van der Waals surface area contributed by atoms with Gasteiger partial charge in [-0.25, -0.2) is 8.42 Å². The topological polar surface area (TPSA) is 87.8 Å². The normalized spacial score (nSPS) is 20.7. The van der Waals surface area contributed by atoms with Crippen molar-refractivity contribution < 1.29 is 8.42 Å². The molecule has 0 bridgehead atoms. The monoisotopic (exact) mass is 344 g/mol. The number of thiophene rings is 1. The van der Waals surface area contributed by atoms with Crippen molar-refractivity contribution in [2.24, 2.45) is 22.6 Å². The number of hydrogen-bond acceptors (Lipinski definition) is 4. The maximum Gasteiger partial charge on any atom is 0.252 e. The molecule has 1 saturated heterocycles. The Morgan fingerprint density at radius 1 is 1.59 bits per heavy atom. The van der Waals surface area contributed by atoms with Gasteiger partial charge in [-0.05, 0) is 29.7 Å². The highest BCUT2D eigenvalue weighted by Crippen LogP contribution is 2.26. The van der Waals surface area contributed by atoms with Gasteiger partial charge in [-0.2, -0.15) is 4.31 Å². The molecule has 3 N–H and O–H groups in total. The Bertz CT molecular complexity index is 596. The molecule has 2 heterocycles. The Balaban J connectivity index is 1.85. The average Bonchev–Trinajstić information content (AvgIpc) is 3.13. The Morgan fingerprint density at radius 2 is 2.36 bits per heavy atom. The lowest BCUT2D eigenvalue weighted by molar-refractivity contribution is 0.456. The van der Waals surface area contributed by atoms with E-state index < -0.39 is 10.0 Å². The van der Waals surface area contributed by atoms with Gasteiger partial charge in [-0.15, -0.1) is 11.3 Å². The molecule has 1 unspecified atom stereocenters. The van der Waals surface area contributed by atoms with Crippen LogP contribution in [0.15, 0.2) is 26.7 Å². The number of rotatable bonds is 6. The molecular weight excluding hydrogens is 320 g/mol. The summed E-state index contributed by atoms with van der Waals surface area (Å²) in [7, 11) is -3.33. The van der Waals surface area contributed by atoms with E-state index in [0.717, 1.165) is 6.42 Å². The Hall–Kier alpha value is -1.12. The summed E-state index contributed by atoms with van der Waals surface area (Å²) in [5.41, 5.74) is 5.81.